The molecule has 0 saturated heterocycles. The van der Waals surface area contributed by atoms with Gasteiger partial charge in [0.25, 0.3) is 5.56 Å². The lowest BCUT2D eigenvalue weighted by atomic mass is 10.2. The highest BCUT2D eigenvalue weighted by molar-refractivity contribution is 5.50. The van der Waals surface area contributed by atoms with E-state index in [2.05, 4.69) is 17.0 Å². The SMILES string of the molecule is CCc1c(C)[nH]n2c(=O)cc(COc3ccccc3)nc12. The quantitative estimate of drug-likeness (QED) is 0.800. The van der Waals surface area contributed by atoms with Gasteiger partial charge in [-0.1, -0.05) is 25.1 Å². The highest BCUT2D eigenvalue weighted by Crippen LogP contribution is 2.14. The molecule has 1 aromatic carbocycles. The van der Waals surface area contributed by atoms with Gasteiger partial charge in [-0.25, -0.2) is 9.50 Å². The Morgan fingerprint density at radius 2 is 2.05 bits per heavy atom. The van der Waals surface area contributed by atoms with Crippen molar-refractivity contribution in [1.29, 1.82) is 0 Å². The summed E-state index contributed by atoms with van der Waals surface area (Å²) in [6.07, 6.45) is 0.828. The summed E-state index contributed by atoms with van der Waals surface area (Å²) in [5, 5.41) is 3.05. The molecule has 0 aliphatic rings. The number of nitrogens with zero attached hydrogens (tertiary/aromatic N) is 2. The van der Waals surface area contributed by atoms with Gasteiger partial charge in [-0.2, -0.15) is 0 Å². The fourth-order valence-corrected chi connectivity index (χ4v) is 2.41. The van der Waals surface area contributed by atoms with E-state index in [1.54, 1.807) is 0 Å². The molecule has 0 spiro atoms. The zero-order valence-electron chi connectivity index (χ0n) is 12.1. The van der Waals surface area contributed by atoms with E-state index in [-0.39, 0.29) is 12.2 Å². The van der Waals surface area contributed by atoms with Crippen LogP contribution >= 0.6 is 0 Å². The number of aryl methyl sites for hydroxylation is 2. The van der Waals surface area contributed by atoms with Crippen molar-refractivity contribution in [3.05, 3.63) is 63.7 Å². The molecule has 5 heteroatoms. The molecule has 108 valence electrons. The monoisotopic (exact) mass is 283 g/mol. The molecule has 0 amide bonds. The topological polar surface area (TPSA) is 59.4 Å². The lowest BCUT2D eigenvalue weighted by molar-refractivity contribution is 0.301. The van der Waals surface area contributed by atoms with E-state index in [1.807, 2.05) is 37.3 Å². The molecule has 0 radical (unpaired) electrons. The minimum Gasteiger partial charge on any atom is -0.487 e. The lowest BCUT2D eigenvalue weighted by Gasteiger charge is -2.05. The number of hydrogen-bond acceptors (Lipinski definition) is 3. The molecule has 5 nitrogen and oxygen atoms in total. The summed E-state index contributed by atoms with van der Waals surface area (Å²) in [6, 6.07) is 11.0. The molecule has 0 unspecified atom stereocenters. The van der Waals surface area contributed by atoms with Crippen LogP contribution in [0.4, 0.5) is 0 Å². The van der Waals surface area contributed by atoms with Crippen LogP contribution in [-0.4, -0.2) is 14.6 Å². The van der Waals surface area contributed by atoms with Crippen LogP contribution in [0.2, 0.25) is 0 Å². The first-order valence-corrected chi connectivity index (χ1v) is 6.97. The third kappa shape index (κ3) is 2.54. The molecule has 0 saturated carbocycles. The van der Waals surface area contributed by atoms with Gasteiger partial charge in [0.15, 0.2) is 5.65 Å². The largest absolute Gasteiger partial charge is 0.487 e. The van der Waals surface area contributed by atoms with E-state index in [1.165, 1.54) is 10.6 Å². The summed E-state index contributed by atoms with van der Waals surface area (Å²) in [6.45, 7) is 4.28. The Morgan fingerprint density at radius 3 is 2.76 bits per heavy atom. The lowest BCUT2D eigenvalue weighted by Crippen LogP contribution is -2.16. The highest BCUT2D eigenvalue weighted by atomic mass is 16.5. The Labute approximate surface area is 122 Å². The second kappa shape index (κ2) is 5.44. The van der Waals surface area contributed by atoms with Crippen LogP contribution < -0.4 is 10.3 Å². The Hall–Kier alpha value is -2.56. The van der Waals surface area contributed by atoms with Gasteiger partial charge < -0.3 is 4.74 Å². The maximum absolute atomic E-state index is 12.1. The van der Waals surface area contributed by atoms with Gasteiger partial charge in [-0.15, -0.1) is 0 Å². The first-order valence-electron chi connectivity index (χ1n) is 6.97. The summed E-state index contributed by atoms with van der Waals surface area (Å²) in [5.74, 6) is 0.764. The van der Waals surface area contributed by atoms with Gasteiger partial charge in [0.05, 0.1) is 5.69 Å². The van der Waals surface area contributed by atoms with E-state index < -0.39 is 0 Å². The van der Waals surface area contributed by atoms with Gasteiger partial charge in [0.2, 0.25) is 0 Å². The Morgan fingerprint density at radius 1 is 1.29 bits per heavy atom. The number of aromatic amines is 1. The Balaban J connectivity index is 1.94. The smallest absolute Gasteiger partial charge is 0.273 e. The van der Waals surface area contributed by atoms with E-state index in [9.17, 15) is 4.79 Å². The molecule has 0 bridgehead atoms. The Kier molecular flexibility index (Phi) is 3.48. The van der Waals surface area contributed by atoms with E-state index in [0.717, 1.165) is 23.4 Å². The van der Waals surface area contributed by atoms with Crippen molar-refractivity contribution in [3.8, 4) is 5.75 Å². The number of rotatable bonds is 4. The van der Waals surface area contributed by atoms with Crippen molar-refractivity contribution < 1.29 is 4.74 Å². The van der Waals surface area contributed by atoms with Crippen molar-refractivity contribution >= 4 is 5.65 Å². The van der Waals surface area contributed by atoms with Crippen LogP contribution in [-0.2, 0) is 13.0 Å². The summed E-state index contributed by atoms with van der Waals surface area (Å²) in [7, 11) is 0. The van der Waals surface area contributed by atoms with Gasteiger partial charge >= 0.3 is 0 Å². The third-order valence-corrected chi connectivity index (χ3v) is 3.46. The van der Waals surface area contributed by atoms with Crippen molar-refractivity contribution in [2.75, 3.05) is 0 Å². The Bertz CT molecular complexity index is 819. The maximum atomic E-state index is 12.1. The maximum Gasteiger partial charge on any atom is 0.273 e. The second-order valence-electron chi connectivity index (χ2n) is 4.92. The number of ether oxygens (including phenoxy) is 1. The molecule has 21 heavy (non-hydrogen) atoms. The minimum atomic E-state index is -0.116. The molecule has 3 aromatic rings. The van der Waals surface area contributed by atoms with Crippen LogP contribution in [0.15, 0.2) is 41.2 Å². The zero-order chi connectivity index (χ0) is 14.8. The van der Waals surface area contributed by atoms with Gasteiger partial charge in [-0.3, -0.25) is 9.89 Å². The average molecular weight is 283 g/mol. The van der Waals surface area contributed by atoms with Crippen LogP contribution in [0.1, 0.15) is 23.9 Å². The van der Waals surface area contributed by atoms with Crippen LogP contribution in [0.25, 0.3) is 5.65 Å². The predicted octanol–water partition coefficient (Wildman–Crippen LogP) is 2.47. The van der Waals surface area contributed by atoms with Crippen molar-refractivity contribution in [2.24, 2.45) is 0 Å². The summed E-state index contributed by atoms with van der Waals surface area (Å²) in [4.78, 5) is 16.7. The molecule has 0 atom stereocenters. The van der Waals surface area contributed by atoms with Crippen molar-refractivity contribution in [2.45, 2.75) is 26.9 Å². The molecular formula is C16H17N3O2. The van der Waals surface area contributed by atoms with Crippen LogP contribution in [0.5, 0.6) is 5.75 Å². The van der Waals surface area contributed by atoms with E-state index in [4.69, 9.17) is 4.74 Å². The summed E-state index contributed by atoms with van der Waals surface area (Å²) >= 11 is 0. The molecular weight excluding hydrogens is 266 g/mol. The second-order valence-corrected chi connectivity index (χ2v) is 4.92. The molecule has 0 aliphatic heterocycles. The highest BCUT2D eigenvalue weighted by Gasteiger charge is 2.11. The normalized spacial score (nSPS) is 11.0. The number of hydrogen-bond donors (Lipinski definition) is 1. The standard InChI is InChI=1S/C16H17N3O2/c1-3-14-11(2)18-19-15(20)9-12(17-16(14)19)10-21-13-7-5-4-6-8-13/h4-9,18H,3,10H2,1-2H3. The number of fused-ring (bicyclic) bond motifs is 1. The number of aromatic nitrogens is 3. The number of nitrogens with one attached hydrogen (secondary N) is 1. The number of para-hydroxylation sites is 1. The molecule has 2 aromatic heterocycles. The predicted molar refractivity (Wildman–Crippen MR) is 80.7 cm³/mol. The van der Waals surface area contributed by atoms with Crippen molar-refractivity contribution in [3.63, 3.8) is 0 Å². The van der Waals surface area contributed by atoms with Crippen LogP contribution in [0, 0.1) is 6.92 Å². The fourth-order valence-electron chi connectivity index (χ4n) is 2.41. The van der Waals surface area contributed by atoms with Gasteiger partial charge in [0.1, 0.15) is 12.4 Å². The van der Waals surface area contributed by atoms with E-state index >= 15 is 0 Å². The molecule has 1 N–H and O–H groups in total. The summed E-state index contributed by atoms with van der Waals surface area (Å²) < 4.78 is 7.14. The minimum absolute atomic E-state index is 0.116. The molecule has 3 rings (SSSR count). The first kappa shape index (κ1) is 13.4. The third-order valence-electron chi connectivity index (χ3n) is 3.46. The number of H-pyrrole nitrogens is 1. The van der Waals surface area contributed by atoms with Crippen LogP contribution in [0.3, 0.4) is 0 Å². The molecule has 0 aliphatic carbocycles. The van der Waals surface area contributed by atoms with Crippen molar-refractivity contribution in [1.82, 2.24) is 14.6 Å². The van der Waals surface area contributed by atoms with Gasteiger partial charge in [-0.05, 0) is 25.5 Å². The number of benzene rings is 1. The first-order chi connectivity index (χ1) is 10.2. The van der Waals surface area contributed by atoms with Gasteiger partial charge in [0, 0.05) is 17.3 Å². The zero-order valence-corrected chi connectivity index (χ0v) is 12.1. The fraction of sp³-hybridized carbons (Fsp3) is 0.250. The summed E-state index contributed by atoms with van der Waals surface area (Å²) in [5.41, 5.74) is 3.25. The van der Waals surface area contributed by atoms with E-state index in [0.29, 0.717) is 11.3 Å². The molecule has 2 heterocycles. The molecule has 0 fully saturated rings. The average Bonchev–Trinajstić information content (AvgIpc) is 2.82.